The van der Waals surface area contributed by atoms with Crippen molar-refractivity contribution in [2.45, 2.75) is 46.5 Å². The van der Waals surface area contributed by atoms with Gasteiger partial charge in [-0.05, 0) is 68.7 Å². The molecule has 2 aromatic rings. The molecule has 33 heavy (non-hydrogen) atoms. The maximum Gasteiger partial charge on any atom is 0.274 e. The highest BCUT2D eigenvalue weighted by Gasteiger charge is 2.30. The van der Waals surface area contributed by atoms with Crippen molar-refractivity contribution < 1.29 is 4.79 Å². The number of benzene rings is 1. The molecule has 1 aliphatic heterocycles. The van der Waals surface area contributed by atoms with Gasteiger partial charge in [0.15, 0.2) is 5.69 Å². The number of rotatable bonds is 7. The molecule has 0 bridgehead atoms. The Hall–Kier alpha value is -3.34. The van der Waals surface area contributed by atoms with Gasteiger partial charge in [-0.25, -0.2) is 4.98 Å². The number of nitrogens with zero attached hydrogens (tertiary/aromatic N) is 4. The van der Waals surface area contributed by atoms with E-state index in [0.29, 0.717) is 23.9 Å². The number of aliphatic imine (C=N–C) groups is 1. The summed E-state index contributed by atoms with van der Waals surface area (Å²) in [6.07, 6.45) is 13.8. The number of aryl methyl sites for hydroxylation is 2. The lowest BCUT2D eigenvalue weighted by Crippen LogP contribution is -2.35. The normalized spacial score (nSPS) is 17.1. The second kappa shape index (κ2) is 8.89. The molecule has 1 amide bonds. The lowest BCUT2D eigenvalue weighted by Gasteiger charge is -2.24. The second-order valence-electron chi connectivity index (χ2n) is 9.44. The first-order valence-electron chi connectivity index (χ1n) is 11.8. The van der Waals surface area contributed by atoms with Crippen LogP contribution in [0, 0.1) is 19.8 Å². The summed E-state index contributed by atoms with van der Waals surface area (Å²) in [6, 6.07) is 6.20. The highest BCUT2D eigenvalue weighted by molar-refractivity contribution is 6.08. The number of carbonyl (C=O) groups is 1. The number of hydrogen-bond acceptors (Lipinski definition) is 4. The molecule has 168 valence electrons. The largest absolute Gasteiger partial charge is 0.337 e. The second-order valence-corrected chi connectivity index (χ2v) is 9.44. The molecule has 2 heterocycles. The number of carbonyl (C=O) groups excluding carboxylic acids is 1. The molecule has 1 fully saturated rings. The molecule has 1 aromatic carbocycles. The van der Waals surface area contributed by atoms with Gasteiger partial charge in [0.25, 0.3) is 5.91 Å². The van der Waals surface area contributed by atoms with E-state index in [4.69, 9.17) is 0 Å². The van der Waals surface area contributed by atoms with Crippen LogP contribution in [0.2, 0.25) is 0 Å². The quantitative estimate of drug-likeness (QED) is 0.564. The van der Waals surface area contributed by atoms with E-state index in [9.17, 15) is 4.79 Å². The van der Waals surface area contributed by atoms with Crippen LogP contribution < -0.4 is 0 Å². The molecule has 5 rings (SSSR count). The van der Waals surface area contributed by atoms with E-state index >= 15 is 0 Å². The third kappa shape index (κ3) is 4.58. The van der Waals surface area contributed by atoms with Crippen LogP contribution in [-0.4, -0.2) is 39.6 Å². The van der Waals surface area contributed by atoms with Crippen LogP contribution in [0.25, 0.3) is 11.3 Å². The Morgan fingerprint density at radius 1 is 1.09 bits per heavy atom. The van der Waals surface area contributed by atoms with Crippen molar-refractivity contribution in [3.63, 3.8) is 0 Å². The summed E-state index contributed by atoms with van der Waals surface area (Å²) in [6.45, 7) is 7.74. The Morgan fingerprint density at radius 2 is 1.91 bits per heavy atom. The fourth-order valence-corrected chi connectivity index (χ4v) is 4.45. The summed E-state index contributed by atoms with van der Waals surface area (Å²) in [5.74, 6) is 0.566. The maximum absolute atomic E-state index is 13.7. The third-order valence-corrected chi connectivity index (χ3v) is 6.82. The van der Waals surface area contributed by atoms with Crippen LogP contribution in [-0.2, 0) is 0 Å². The van der Waals surface area contributed by atoms with Gasteiger partial charge in [0.05, 0.1) is 5.71 Å². The smallest absolute Gasteiger partial charge is 0.274 e. The Balaban J connectivity index is 1.38. The molecular weight excluding hydrogens is 408 g/mol. The van der Waals surface area contributed by atoms with Crippen molar-refractivity contribution in [1.29, 1.82) is 0 Å². The summed E-state index contributed by atoms with van der Waals surface area (Å²) >= 11 is 0. The van der Waals surface area contributed by atoms with Crippen LogP contribution >= 0.6 is 0 Å². The molecule has 3 aliphatic rings. The van der Waals surface area contributed by atoms with E-state index in [1.807, 2.05) is 17.2 Å². The van der Waals surface area contributed by atoms with E-state index in [0.717, 1.165) is 30.7 Å². The van der Waals surface area contributed by atoms with Crippen molar-refractivity contribution in [1.82, 2.24) is 14.9 Å². The first-order valence-corrected chi connectivity index (χ1v) is 11.8. The van der Waals surface area contributed by atoms with Gasteiger partial charge in [-0.3, -0.25) is 14.8 Å². The minimum Gasteiger partial charge on any atom is -0.337 e. The van der Waals surface area contributed by atoms with Gasteiger partial charge in [-0.2, -0.15) is 0 Å². The monoisotopic (exact) mass is 438 g/mol. The topological polar surface area (TPSA) is 58.5 Å². The zero-order valence-corrected chi connectivity index (χ0v) is 19.6. The Bertz CT molecular complexity index is 1230. The molecule has 1 saturated carbocycles. The summed E-state index contributed by atoms with van der Waals surface area (Å²) < 4.78 is 0. The zero-order valence-electron chi connectivity index (χ0n) is 19.6. The molecular formula is C28H30N4O. The van der Waals surface area contributed by atoms with Gasteiger partial charge < -0.3 is 4.90 Å². The number of fused-ring (bicyclic) bond motifs is 1. The van der Waals surface area contributed by atoms with Gasteiger partial charge >= 0.3 is 0 Å². The zero-order chi connectivity index (χ0) is 22.9. The van der Waals surface area contributed by atoms with Crippen molar-refractivity contribution in [3.8, 4) is 11.3 Å². The standard InChI is InChI=1S/C28H30N4O/c1-18-4-9-25-24(14-18)23(16-31-25)10-13-32(17-21-6-7-21)28(33)27-26(29-11-12-30-27)22-8-5-19(2)20(3)15-22/h4-5,8,11-12,14-16,21H,6-7,9-10,13,17H2,1-3H3. The summed E-state index contributed by atoms with van der Waals surface area (Å²) in [4.78, 5) is 29.4. The first kappa shape index (κ1) is 21.5. The number of amides is 1. The summed E-state index contributed by atoms with van der Waals surface area (Å²) in [5.41, 5.74) is 9.32. The SMILES string of the molecule is CC1=CCC2=NC=C(CCN(CC3CC3)C(=O)c3nccnc3-c3ccc(C)c(C)c3)C2=C1. The highest BCUT2D eigenvalue weighted by atomic mass is 16.2. The van der Waals surface area contributed by atoms with Crippen LogP contribution in [0.1, 0.15) is 54.2 Å². The fourth-order valence-electron chi connectivity index (χ4n) is 4.45. The van der Waals surface area contributed by atoms with Gasteiger partial charge in [-0.1, -0.05) is 29.9 Å². The molecule has 0 atom stereocenters. The van der Waals surface area contributed by atoms with Crippen molar-refractivity contribution in [3.05, 3.63) is 82.5 Å². The average molecular weight is 439 g/mol. The van der Waals surface area contributed by atoms with Crippen molar-refractivity contribution in [2.75, 3.05) is 13.1 Å². The molecule has 2 aliphatic carbocycles. The lowest BCUT2D eigenvalue weighted by atomic mass is 9.93. The first-order chi connectivity index (χ1) is 16.0. The van der Waals surface area contributed by atoms with E-state index in [-0.39, 0.29) is 5.91 Å². The molecule has 0 radical (unpaired) electrons. The average Bonchev–Trinajstić information content (AvgIpc) is 3.56. The molecule has 0 unspecified atom stereocenters. The lowest BCUT2D eigenvalue weighted by molar-refractivity contribution is 0.0744. The van der Waals surface area contributed by atoms with Crippen LogP contribution in [0.15, 0.2) is 70.7 Å². The molecule has 5 nitrogen and oxygen atoms in total. The van der Waals surface area contributed by atoms with Gasteiger partial charge in [-0.15, -0.1) is 0 Å². The predicted molar refractivity (Wildman–Crippen MR) is 132 cm³/mol. The summed E-state index contributed by atoms with van der Waals surface area (Å²) in [7, 11) is 0. The molecule has 5 heteroatoms. The van der Waals surface area contributed by atoms with E-state index in [1.165, 1.54) is 40.7 Å². The Kier molecular flexibility index (Phi) is 5.79. The minimum atomic E-state index is -0.0309. The van der Waals surface area contributed by atoms with Gasteiger partial charge in [0.1, 0.15) is 5.69 Å². The van der Waals surface area contributed by atoms with Crippen molar-refractivity contribution in [2.24, 2.45) is 10.9 Å². The summed E-state index contributed by atoms with van der Waals surface area (Å²) in [5, 5.41) is 0. The van der Waals surface area contributed by atoms with Crippen LogP contribution in [0.3, 0.4) is 0 Å². The maximum atomic E-state index is 13.7. The molecule has 0 saturated heterocycles. The molecule has 0 N–H and O–H groups in total. The Labute approximate surface area is 195 Å². The molecule has 0 spiro atoms. The van der Waals surface area contributed by atoms with Gasteiger partial charge in [0, 0.05) is 49.2 Å². The van der Waals surface area contributed by atoms with E-state index < -0.39 is 0 Å². The van der Waals surface area contributed by atoms with Crippen LogP contribution in [0.5, 0.6) is 0 Å². The third-order valence-electron chi connectivity index (χ3n) is 6.82. The van der Waals surface area contributed by atoms with E-state index in [1.54, 1.807) is 12.4 Å². The van der Waals surface area contributed by atoms with Crippen LogP contribution in [0.4, 0.5) is 0 Å². The Morgan fingerprint density at radius 3 is 2.70 bits per heavy atom. The number of hydrogen-bond donors (Lipinski definition) is 0. The number of aromatic nitrogens is 2. The molecule has 1 aromatic heterocycles. The van der Waals surface area contributed by atoms with Crippen molar-refractivity contribution >= 4 is 11.6 Å². The highest BCUT2D eigenvalue weighted by Crippen LogP contribution is 2.33. The fraction of sp³-hybridized carbons (Fsp3) is 0.357. The minimum absolute atomic E-state index is 0.0309. The van der Waals surface area contributed by atoms with E-state index in [2.05, 4.69) is 60.0 Å². The van der Waals surface area contributed by atoms with Gasteiger partial charge in [0.2, 0.25) is 0 Å². The predicted octanol–water partition coefficient (Wildman–Crippen LogP) is 5.62. The number of allylic oxidation sites excluding steroid dienone is 4.